The van der Waals surface area contributed by atoms with Gasteiger partial charge in [-0.3, -0.25) is 4.79 Å². The summed E-state index contributed by atoms with van der Waals surface area (Å²) in [7, 11) is 1.31. The molecule has 0 aliphatic rings. The lowest BCUT2D eigenvalue weighted by Gasteiger charge is -2.12. The first-order valence-corrected chi connectivity index (χ1v) is 6.95. The van der Waals surface area contributed by atoms with Crippen LogP contribution in [0, 0.1) is 0 Å². The van der Waals surface area contributed by atoms with E-state index in [1.807, 2.05) is 6.92 Å². The van der Waals surface area contributed by atoms with Gasteiger partial charge >= 0.3 is 5.97 Å². The van der Waals surface area contributed by atoms with Gasteiger partial charge in [0, 0.05) is 0 Å². The van der Waals surface area contributed by atoms with E-state index in [1.54, 1.807) is 12.1 Å². The summed E-state index contributed by atoms with van der Waals surface area (Å²) < 4.78 is 10.2. The summed E-state index contributed by atoms with van der Waals surface area (Å²) in [4.78, 5) is 22.9. The highest BCUT2D eigenvalue weighted by Crippen LogP contribution is 2.26. The summed E-state index contributed by atoms with van der Waals surface area (Å²) in [6.45, 7) is 2.52. The number of hydrogen-bond acceptors (Lipinski definition) is 4. The fourth-order valence-corrected chi connectivity index (χ4v) is 1.53. The zero-order chi connectivity index (χ0) is 14.3. The summed E-state index contributed by atoms with van der Waals surface area (Å²) >= 11 is 3.07. The molecule has 6 heteroatoms. The molecule has 0 unspecified atom stereocenters. The summed E-state index contributed by atoms with van der Waals surface area (Å²) in [5, 5.41) is 2.84. The minimum atomic E-state index is -0.462. The molecule has 0 fully saturated rings. The lowest BCUT2D eigenvalue weighted by Crippen LogP contribution is -2.14. The predicted octanol–water partition coefficient (Wildman–Crippen LogP) is 2.60. The van der Waals surface area contributed by atoms with Crippen LogP contribution in [-0.4, -0.2) is 30.9 Å². The Hall–Kier alpha value is -1.56. The molecule has 104 valence electrons. The number of ether oxygens (including phenoxy) is 2. The van der Waals surface area contributed by atoms with Crippen molar-refractivity contribution in [1.29, 1.82) is 0 Å². The maximum absolute atomic E-state index is 11.5. The summed E-state index contributed by atoms with van der Waals surface area (Å²) in [6, 6.07) is 4.78. The van der Waals surface area contributed by atoms with Gasteiger partial charge in [-0.2, -0.15) is 0 Å². The van der Waals surface area contributed by atoms with Crippen LogP contribution in [0.25, 0.3) is 0 Å². The van der Waals surface area contributed by atoms with E-state index in [0.717, 1.165) is 6.42 Å². The molecule has 0 saturated carbocycles. The molecule has 0 bridgehead atoms. The predicted molar refractivity (Wildman–Crippen MR) is 76.0 cm³/mol. The van der Waals surface area contributed by atoms with Gasteiger partial charge in [0.05, 0.1) is 30.3 Å². The summed E-state index contributed by atoms with van der Waals surface area (Å²) in [6.07, 6.45) is 0.852. The van der Waals surface area contributed by atoms with E-state index in [4.69, 9.17) is 4.74 Å². The maximum atomic E-state index is 11.5. The molecule has 0 atom stereocenters. The van der Waals surface area contributed by atoms with Crippen LogP contribution in [0.15, 0.2) is 18.2 Å². The van der Waals surface area contributed by atoms with Crippen molar-refractivity contribution >= 4 is 33.5 Å². The molecular formula is C13H16BrNO4. The molecule has 1 aromatic rings. The number of carbonyl (C=O) groups excluding carboxylic acids is 2. The van der Waals surface area contributed by atoms with Crippen molar-refractivity contribution in [2.45, 2.75) is 13.3 Å². The Balaban J connectivity index is 3.02. The minimum absolute atomic E-state index is 0.169. The number of benzene rings is 1. The number of esters is 1. The van der Waals surface area contributed by atoms with Crippen LogP contribution in [0.1, 0.15) is 23.7 Å². The normalized spacial score (nSPS) is 9.84. The third kappa shape index (κ3) is 4.55. The van der Waals surface area contributed by atoms with Crippen LogP contribution < -0.4 is 10.1 Å². The molecule has 0 aliphatic heterocycles. The number of amides is 1. The van der Waals surface area contributed by atoms with Gasteiger partial charge in [-0.15, -0.1) is 0 Å². The van der Waals surface area contributed by atoms with E-state index in [0.29, 0.717) is 23.6 Å². The van der Waals surface area contributed by atoms with Crippen LogP contribution in [0.2, 0.25) is 0 Å². The molecule has 0 saturated heterocycles. The average molecular weight is 330 g/mol. The first-order chi connectivity index (χ1) is 9.12. The fraction of sp³-hybridized carbons (Fsp3) is 0.385. The fourth-order valence-electron chi connectivity index (χ4n) is 1.39. The average Bonchev–Trinajstić information content (AvgIpc) is 2.44. The second-order valence-corrected chi connectivity index (χ2v) is 4.29. The van der Waals surface area contributed by atoms with E-state index in [-0.39, 0.29) is 11.2 Å². The Bertz CT molecular complexity index is 462. The van der Waals surface area contributed by atoms with Gasteiger partial charge in [0.1, 0.15) is 5.75 Å². The SMILES string of the molecule is CCCOc1ccc(C(=O)OC)cc1NC(=O)CBr. The summed E-state index contributed by atoms with van der Waals surface area (Å²) in [5.74, 6) is -0.149. The minimum Gasteiger partial charge on any atom is -0.491 e. The lowest BCUT2D eigenvalue weighted by molar-refractivity contribution is -0.113. The van der Waals surface area contributed by atoms with Crippen LogP contribution in [0.4, 0.5) is 5.69 Å². The second-order valence-electron chi connectivity index (χ2n) is 3.73. The van der Waals surface area contributed by atoms with Crippen LogP contribution in [-0.2, 0) is 9.53 Å². The number of anilines is 1. The Morgan fingerprint density at radius 2 is 2.11 bits per heavy atom. The quantitative estimate of drug-likeness (QED) is 0.643. The van der Waals surface area contributed by atoms with Gasteiger partial charge < -0.3 is 14.8 Å². The van der Waals surface area contributed by atoms with Crippen LogP contribution >= 0.6 is 15.9 Å². The molecule has 1 N–H and O–H groups in total. The van der Waals surface area contributed by atoms with E-state index in [1.165, 1.54) is 13.2 Å². The maximum Gasteiger partial charge on any atom is 0.337 e. The van der Waals surface area contributed by atoms with E-state index in [2.05, 4.69) is 26.0 Å². The van der Waals surface area contributed by atoms with Crippen molar-refractivity contribution < 1.29 is 19.1 Å². The molecule has 0 spiro atoms. The van der Waals surface area contributed by atoms with Crippen molar-refractivity contribution in [3.8, 4) is 5.75 Å². The molecule has 0 radical (unpaired) electrons. The van der Waals surface area contributed by atoms with E-state index in [9.17, 15) is 9.59 Å². The smallest absolute Gasteiger partial charge is 0.337 e. The molecule has 19 heavy (non-hydrogen) atoms. The number of hydrogen-bond donors (Lipinski definition) is 1. The number of halogens is 1. The monoisotopic (exact) mass is 329 g/mol. The first-order valence-electron chi connectivity index (χ1n) is 5.83. The van der Waals surface area contributed by atoms with E-state index < -0.39 is 5.97 Å². The highest BCUT2D eigenvalue weighted by molar-refractivity contribution is 9.09. The Kier molecular flexibility index (Phi) is 6.35. The van der Waals surface area contributed by atoms with Gasteiger partial charge in [0.2, 0.25) is 5.91 Å². The molecule has 5 nitrogen and oxygen atoms in total. The van der Waals surface area contributed by atoms with E-state index >= 15 is 0 Å². The number of alkyl halides is 1. The lowest BCUT2D eigenvalue weighted by atomic mass is 10.2. The summed E-state index contributed by atoms with van der Waals surface area (Å²) in [5.41, 5.74) is 0.817. The van der Waals surface area contributed by atoms with Gasteiger partial charge in [0.15, 0.2) is 0 Å². The number of methoxy groups -OCH3 is 1. The van der Waals surface area contributed by atoms with Gasteiger partial charge in [-0.1, -0.05) is 22.9 Å². The molecule has 1 rings (SSSR count). The highest BCUT2D eigenvalue weighted by atomic mass is 79.9. The largest absolute Gasteiger partial charge is 0.491 e. The van der Waals surface area contributed by atoms with Crippen molar-refractivity contribution in [2.75, 3.05) is 24.4 Å². The van der Waals surface area contributed by atoms with Crippen LogP contribution in [0.5, 0.6) is 5.75 Å². The molecule has 1 aromatic carbocycles. The molecular weight excluding hydrogens is 314 g/mol. The number of nitrogens with one attached hydrogen (secondary N) is 1. The Labute approximate surface area is 120 Å². The zero-order valence-electron chi connectivity index (χ0n) is 10.9. The number of rotatable bonds is 6. The number of carbonyl (C=O) groups is 2. The van der Waals surface area contributed by atoms with Crippen LogP contribution in [0.3, 0.4) is 0 Å². The molecule has 0 heterocycles. The molecule has 0 aliphatic carbocycles. The first kappa shape index (κ1) is 15.5. The third-order valence-corrected chi connectivity index (χ3v) is 2.77. The zero-order valence-corrected chi connectivity index (χ0v) is 12.5. The molecule has 1 amide bonds. The van der Waals surface area contributed by atoms with Gasteiger partial charge in [-0.05, 0) is 24.6 Å². The topological polar surface area (TPSA) is 64.6 Å². The van der Waals surface area contributed by atoms with Crippen molar-refractivity contribution in [2.24, 2.45) is 0 Å². The van der Waals surface area contributed by atoms with Crippen molar-refractivity contribution in [3.63, 3.8) is 0 Å². The Morgan fingerprint density at radius 3 is 2.68 bits per heavy atom. The second kappa shape index (κ2) is 7.78. The van der Waals surface area contributed by atoms with Gasteiger partial charge in [-0.25, -0.2) is 4.79 Å². The standard InChI is InChI=1S/C13H16BrNO4/c1-3-6-19-11-5-4-9(13(17)18-2)7-10(11)15-12(16)8-14/h4-5,7H,3,6,8H2,1-2H3,(H,15,16). The third-order valence-electron chi connectivity index (χ3n) is 2.26. The van der Waals surface area contributed by atoms with Gasteiger partial charge in [0.25, 0.3) is 0 Å². The Morgan fingerprint density at radius 1 is 1.37 bits per heavy atom. The molecule has 0 aromatic heterocycles. The van der Waals surface area contributed by atoms with Crippen molar-refractivity contribution in [1.82, 2.24) is 0 Å². The highest BCUT2D eigenvalue weighted by Gasteiger charge is 2.12. The van der Waals surface area contributed by atoms with Crippen molar-refractivity contribution in [3.05, 3.63) is 23.8 Å².